The molecule has 0 saturated carbocycles. The predicted molar refractivity (Wildman–Crippen MR) is 34.4 cm³/mol. The van der Waals surface area contributed by atoms with Crippen LogP contribution < -0.4 is 0 Å². The highest BCUT2D eigenvalue weighted by atomic mass is 16.3. The van der Waals surface area contributed by atoms with Gasteiger partial charge in [0.2, 0.25) is 0 Å². The van der Waals surface area contributed by atoms with Crippen molar-refractivity contribution in [1.29, 1.82) is 0 Å². The highest BCUT2D eigenvalue weighted by Crippen LogP contribution is 1.95. The van der Waals surface area contributed by atoms with Crippen molar-refractivity contribution < 1.29 is 0 Å². The van der Waals surface area contributed by atoms with Gasteiger partial charge < -0.3 is 0 Å². The van der Waals surface area contributed by atoms with E-state index in [0.29, 0.717) is 5.70 Å². The maximum atomic E-state index is 9.76. The zero-order chi connectivity index (χ0) is 6.41. The van der Waals surface area contributed by atoms with Crippen LogP contribution in [0.2, 0.25) is 0 Å². The maximum Gasteiger partial charge on any atom is 0.103 e. The van der Waals surface area contributed by atoms with E-state index in [1.165, 1.54) is 0 Å². The molecule has 0 aromatic carbocycles. The molecule has 0 heterocycles. The summed E-state index contributed by atoms with van der Waals surface area (Å²) in [6, 6.07) is 0. The Balaban J connectivity index is 3.91. The van der Waals surface area contributed by atoms with E-state index in [9.17, 15) is 4.91 Å². The Hall–Kier alpha value is -0.920. The van der Waals surface area contributed by atoms with E-state index < -0.39 is 0 Å². The molecule has 0 aliphatic rings. The molecule has 0 aliphatic heterocycles. The first-order valence-electron chi connectivity index (χ1n) is 2.47. The summed E-state index contributed by atoms with van der Waals surface area (Å²) in [5.74, 6) is 0. The van der Waals surface area contributed by atoms with Gasteiger partial charge in [0.25, 0.3) is 0 Å². The van der Waals surface area contributed by atoms with Gasteiger partial charge in [-0.2, -0.15) is 0 Å². The van der Waals surface area contributed by atoms with Gasteiger partial charge in [-0.15, -0.1) is 4.91 Å². The summed E-state index contributed by atoms with van der Waals surface area (Å²) in [6.45, 7) is 3.62. The number of hydrogen-bond donors (Lipinski definition) is 0. The van der Waals surface area contributed by atoms with Gasteiger partial charge in [0.05, 0.1) is 0 Å². The van der Waals surface area contributed by atoms with Crippen LogP contribution in [0.25, 0.3) is 0 Å². The lowest BCUT2D eigenvalue weighted by molar-refractivity contribution is 1.35. The van der Waals surface area contributed by atoms with Crippen LogP contribution in [0.1, 0.15) is 13.8 Å². The third kappa shape index (κ3) is 2.29. The van der Waals surface area contributed by atoms with E-state index in [2.05, 4.69) is 5.18 Å². The Labute approximate surface area is 48.9 Å². The van der Waals surface area contributed by atoms with Crippen molar-refractivity contribution in [1.82, 2.24) is 0 Å². The molecule has 0 unspecified atom stereocenters. The second-order valence-corrected chi connectivity index (χ2v) is 1.30. The summed E-state index contributed by atoms with van der Waals surface area (Å²) in [5, 5.41) is 2.72. The summed E-state index contributed by atoms with van der Waals surface area (Å²) in [4.78, 5) is 9.76. The molecule has 0 bridgehead atoms. The Morgan fingerprint density at radius 1 is 1.50 bits per heavy atom. The molecule has 2 nitrogen and oxygen atoms in total. The van der Waals surface area contributed by atoms with E-state index in [4.69, 9.17) is 0 Å². The molecule has 0 fully saturated rings. The average molecular weight is 111 g/mol. The Kier molecular flexibility index (Phi) is 3.76. The molecule has 0 aromatic heterocycles. The molecular weight excluding hydrogens is 102 g/mol. The highest BCUT2D eigenvalue weighted by molar-refractivity contribution is 5.14. The van der Waals surface area contributed by atoms with Gasteiger partial charge in [-0.25, -0.2) is 0 Å². The monoisotopic (exact) mass is 111 g/mol. The summed E-state index contributed by atoms with van der Waals surface area (Å²) in [6.07, 6.45) is 5.09. The van der Waals surface area contributed by atoms with Crippen molar-refractivity contribution in [2.24, 2.45) is 5.18 Å². The molecule has 0 rings (SSSR count). The summed E-state index contributed by atoms with van der Waals surface area (Å²) >= 11 is 0. The molecule has 0 N–H and O–H groups in total. The summed E-state index contributed by atoms with van der Waals surface area (Å²) < 4.78 is 0. The van der Waals surface area contributed by atoms with Crippen LogP contribution in [0.5, 0.6) is 0 Å². The minimum atomic E-state index is 0.479. The maximum absolute atomic E-state index is 9.76. The van der Waals surface area contributed by atoms with E-state index in [1.54, 1.807) is 25.2 Å². The fourth-order valence-corrected chi connectivity index (χ4v) is 0.350. The van der Waals surface area contributed by atoms with Crippen molar-refractivity contribution in [3.63, 3.8) is 0 Å². The van der Waals surface area contributed by atoms with Crippen molar-refractivity contribution >= 4 is 0 Å². The molecule has 0 saturated heterocycles. The molecule has 0 aliphatic carbocycles. The van der Waals surface area contributed by atoms with Crippen LogP contribution in [-0.4, -0.2) is 0 Å². The smallest absolute Gasteiger partial charge is 0.103 e. The number of allylic oxidation sites excluding steroid dienone is 3. The zero-order valence-electron chi connectivity index (χ0n) is 5.09. The van der Waals surface area contributed by atoms with E-state index in [0.717, 1.165) is 0 Å². The van der Waals surface area contributed by atoms with Gasteiger partial charge in [0.15, 0.2) is 0 Å². The third-order valence-corrected chi connectivity index (χ3v) is 0.739. The first-order valence-corrected chi connectivity index (χ1v) is 2.47. The van der Waals surface area contributed by atoms with Gasteiger partial charge >= 0.3 is 0 Å². The first kappa shape index (κ1) is 7.08. The fraction of sp³-hybridized carbons (Fsp3) is 0.333. The van der Waals surface area contributed by atoms with Gasteiger partial charge in [0, 0.05) is 0 Å². The van der Waals surface area contributed by atoms with Crippen molar-refractivity contribution in [2.45, 2.75) is 13.8 Å². The molecule has 2 heteroatoms. The normalized spacial score (nSPS) is 12.5. The number of nitroso groups, excluding NO2 is 1. The van der Waals surface area contributed by atoms with E-state index >= 15 is 0 Å². The molecule has 0 amide bonds. The highest BCUT2D eigenvalue weighted by Gasteiger charge is 1.80. The number of hydrogen-bond acceptors (Lipinski definition) is 2. The van der Waals surface area contributed by atoms with Gasteiger partial charge in [-0.1, -0.05) is 12.2 Å². The molecule has 0 radical (unpaired) electrons. The average Bonchev–Trinajstić information content (AvgIpc) is 1.83. The number of nitrogens with zero attached hydrogens (tertiary/aromatic N) is 1. The summed E-state index contributed by atoms with van der Waals surface area (Å²) in [5.41, 5.74) is 0.479. The van der Waals surface area contributed by atoms with E-state index in [1.807, 2.05) is 6.92 Å². The van der Waals surface area contributed by atoms with Crippen LogP contribution in [0.15, 0.2) is 29.1 Å². The van der Waals surface area contributed by atoms with Crippen molar-refractivity contribution in [3.05, 3.63) is 28.8 Å². The van der Waals surface area contributed by atoms with Crippen LogP contribution in [0, 0.1) is 4.91 Å². The summed E-state index contributed by atoms with van der Waals surface area (Å²) in [7, 11) is 0. The molecule has 8 heavy (non-hydrogen) atoms. The Bertz CT molecular complexity index is 124. The third-order valence-electron chi connectivity index (χ3n) is 0.739. The minimum absolute atomic E-state index is 0.479. The molecule has 44 valence electrons. The molecule has 0 aromatic rings. The van der Waals surface area contributed by atoms with Gasteiger partial charge in [0.1, 0.15) is 5.70 Å². The lowest BCUT2D eigenvalue weighted by atomic mass is 10.4. The molecular formula is C6H9NO. The molecule has 0 spiro atoms. The van der Waals surface area contributed by atoms with Gasteiger partial charge in [-0.3, -0.25) is 0 Å². The molecule has 0 atom stereocenters. The van der Waals surface area contributed by atoms with Crippen molar-refractivity contribution in [3.8, 4) is 0 Å². The Morgan fingerprint density at radius 2 is 2.12 bits per heavy atom. The fourth-order valence-electron chi connectivity index (χ4n) is 0.350. The van der Waals surface area contributed by atoms with Gasteiger partial charge in [-0.05, 0) is 25.1 Å². The first-order chi connectivity index (χ1) is 3.85. The SMILES string of the molecule is C/C=C\C(=C/C)N=O. The quantitative estimate of drug-likeness (QED) is 0.397. The van der Waals surface area contributed by atoms with Crippen LogP contribution in [-0.2, 0) is 0 Å². The second kappa shape index (κ2) is 4.24. The van der Waals surface area contributed by atoms with Crippen LogP contribution in [0.3, 0.4) is 0 Å². The van der Waals surface area contributed by atoms with E-state index in [-0.39, 0.29) is 0 Å². The predicted octanol–water partition coefficient (Wildman–Crippen LogP) is 2.23. The van der Waals surface area contributed by atoms with Crippen molar-refractivity contribution in [2.75, 3.05) is 0 Å². The standard InChI is InChI=1S/C6H9NO/c1-3-5-6(4-2)7-8/h3-5H,1-2H3/b5-3-,6-4+. The second-order valence-electron chi connectivity index (χ2n) is 1.30. The van der Waals surface area contributed by atoms with Crippen LogP contribution >= 0.6 is 0 Å². The lowest BCUT2D eigenvalue weighted by Crippen LogP contribution is -1.63. The Morgan fingerprint density at radius 3 is 2.25 bits per heavy atom. The minimum Gasteiger partial charge on any atom is -0.145 e. The largest absolute Gasteiger partial charge is 0.145 e. The lowest BCUT2D eigenvalue weighted by Gasteiger charge is -1.79. The topological polar surface area (TPSA) is 29.4 Å². The number of rotatable bonds is 2. The van der Waals surface area contributed by atoms with Crippen LogP contribution in [0.4, 0.5) is 0 Å². The zero-order valence-corrected chi connectivity index (χ0v) is 5.09.